The number of carbonyl (C=O) groups excluding carboxylic acids is 1. The SMILES string of the molecule is Cc1cc(C)cc(OCc2[nH]ncc2C=O)c1. The number of nitrogens with one attached hydrogen (secondary N) is 1. The number of nitrogens with zero attached hydrogens (tertiary/aromatic N) is 1. The van der Waals surface area contributed by atoms with Gasteiger partial charge in [-0.15, -0.1) is 0 Å². The molecule has 1 heterocycles. The Kier molecular flexibility index (Phi) is 3.23. The average Bonchev–Trinajstić information content (AvgIpc) is 2.72. The molecule has 0 fully saturated rings. The van der Waals surface area contributed by atoms with E-state index in [9.17, 15) is 4.79 Å². The van der Waals surface area contributed by atoms with Gasteiger partial charge in [0.1, 0.15) is 12.4 Å². The fourth-order valence-corrected chi connectivity index (χ4v) is 1.71. The van der Waals surface area contributed by atoms with Crippen molar-refractivity contribution in [2.45, 2.75) is 20.5 Å². The maximum absolute atomic E-state index is 10.7. The quantitative estimate of drug-likeness (QED) is 0.820. The molecule has 17 heavy (non-hydrogen) atoms. The molecule has 0 amide bonds. The zero-order valence-corrected chi connectivity index (χ0v) is 9.86. The zero-order valence-electron chi connectivity index (χ0n) is 9.86. The largest absolute Gasteiger partial charge is 0.487 e. The molecule has 0 aliphatic rings. The van der Waals surface area contributed by atoms with Crippen LogP contribution in [0, 0.1) is 13.8 Å². The lowest BCUT2D eigenvalue weighted by Gasteiger charge is -2.07. The molecular formula is C13H14N2O2. The molecule has 0 unspecified atom stereocenters. The van der Waals surface area contributed by atoms with Gasteiger partial charge in [0, 0.05) is 0 Å². The molecule has 0 atom stereocenters. The average molecular weight is 230 g/mol. The van der Waals surface area contributed by atoms with Crippen molar-refractivity contribution in [1.29, 1.82) is 0 Å². The van der Waals surface area contributed by atoms with E-state index in [1.54, 1.807) is 0 Å². The minimum atomic E-state index is 0.316. The fourth-order valence-electron chi connectivity index (χ4n) is 1.71. The molecule has 0 bridgehead atoms. The number of H-pyrrole nitrogens is 1. The van der Waals surface area contributed by atoms with Crippen LogP contribution < -0.4 is 4.74 Å². The predicted octanol–water partition coefficient (Wildman–Crippen LogP) is 2.42. The highest BCUT2D eigenvalue weighted by Gasteiger charge is 2.05. The number of carbonyl (C=O) groups is 1. The van der Waals surface area contributed by atoms with E-state index in [1.807, 2.05) is 26.0 Å². The van der Waals surface area contributed by atoms with Gasteiger partial charge in [0.05, 0.1) is 17.5 Å². The van der Waals surface area contributed by atoms with E-state index >= 15 is 0 Å². The highest BCUT2D eigenvalue weighted by Crippen LogP contribution is 2.17. The molecule has 0 saturated carbocycles. The first kappa shape index (κ1) is 11.4. The summed E-state index contributed by atoms with van der Waals surface area (Å²) >= 11 is 0. The molecule has 2 aromatic rings. The molecule has 1 aromatic carbocycles. The highest BCUT2D eigenvalue weighted by atomic mass is 16.5. The van der Waals surface area contributed by atoms with E-state index in [2.05, 4.69) is 16.3 Å². The molecule has 1 N–H and O–H groups in total. The summed E-state index contributed by atoms with van der Waals surface area (Å²) in [7, 11) is 0. The molecule has 88 valence electrons. The summed E-state index contributed by atoms with van der Waals surface area (Å²) in [5.41, 5.74) is 3.54. The minimum absolute atomic E-state index is 0.316. The smallest absolute Gasteiger partial charge is 0.153 e. The van der Waals surface area contributed by atoms with Gasteiger partial charge in [-0.25, -0.2) is 0 Å². The lowest BCUT2D eigenvalue weighted by molar-refractivity contribution is 0.112. The number of aldehydes is 1. The Labute approximate surface area is 99.6 Å². The number of aryl methyl sites for hydroxylation is 2. The van der Waals surface area contributed by atoms with Crippen LogP contribution in [0.5, 0.6) is 5.75 Å². The third kappa shape index (κ3) is 2.72. The van der Waals surface area contributed by atoms with Crippen molar-refractivity contribution in [3.05, 3.63) is 46.8 Å². The van der Waals surface area contributed by atoms with Crippen LogP contribution in [0.3, 0.4) is 0 Å². The normalized spacial score (nSPS) is 10.2. The van der Waals surface area contributed by atoms with Gasteiger partial charge in [-0.3, -0.25) is 9.89 Å². The van der Waals surface area contributed by atoms with Crippen LogP contribution in [0.25, 0.3) is 0 Å². The van der Waals surface area contributed by atoms with Crippen molar-refractivity contribution in [1.82, 2.24) is 10.2 Å². The Hall–Kier alpha value is -2.10. The first-order valence-electron chi connectivity index (χ1n) is 5.37. The van der Waals surface area contributed by atoms with Gasteiger partial charge in [0.25, 0.3) is 0 Å². The van der Waals surface area contributed by atoms with Crippen LogP contribution in [-0.4, -0.2) is 16.5 Å². The van der Waals surface area contributed by atoms with E-state index in [0.717, 1.165) is 23.2 Å². The van der Waals surface area contributed by atoms with Crippen LogP contribution in [0.2, 0.25) is 0 Å². The predicted molar refractivity (Wildman–Crippen MR) is 64.2 cm³/mol. The standard InChI is InChI=1S/C13H14N2O2/c1-9-3-10(2)5-12(4-9)17-8-13-11(7-16)6-14-15-13/h3-7H,8H2,1-2H3,(H,14,15). The Balaban J connectivity index is 2.09. The van der Waals surface area contributed by atoms with E-state index in [0.29, 0.717) is 17.9 Å². The molecule has 0 saturated heterocycles. The molecule has 0 radical (unpaired) electrons. The van der Waals surface area contributed by atoms with Crippen molar-refractivity contribution >= 4 is 6.29 Å². The van der Waals surface area contributed by atoms with Crippen molar-refractivity contribution in [3.8, 4) is 5.75 Å². The zero-order chi connectivity index (χ0) is 12.3. The van der Waals surface area contributed by atoms with Crippen molar-refractivity contribution in [2.75, 3.05) is 0 Å². The number of hydrogen-bond acceptors (Lipinski definition) is 3. The number of aromatic nitrogens is 2. The second-order valence-electron chi connectivity index (χ2n) is 4.03. The minimum Gasteiger partial charge on any atom is -0.487 e. The number of ether oxygens (including phenoxy) is 1. The molecular weight excluding hydrogens is 216 g/mol. The van der Waals surface area contributed by atoms with Crippen LogP contribution in [-0.2, 0) is 6.61 Å². The van der Waals surface area contributed by atoms with Crippen LogP contribution in [0.1, 0.15) is 27.2 Å². The second kappa shape index (κ2) is 4.82. The summed E-state index contributed by atoms with van der Waals surface area (Å²) in [6, 6.07) is 6.01. The van der Waals surface area contributed by atoms with Crippen molar-refractivity contribution in [2.24, 2.45) is 0 Å². The summed E-state index contributed by atoms with van der Waals surface area (Å²) in [6.45, 7) is 4.36. The number of benzene rings is 1. The van der Waals surface area contributed by atoms with E-state index in [1.165, 1.54) is 6.20 Å². The van der Waals surface area contributed by atoms with E-state index in [-0.39, 0.29) is 0 Å². The summed E-state index contributed by atoms with van der Waals surface area (Å²) in [6.07, 6.45) is 2.26. The lowest BCUT2D eigenvalue weighted by atomic mass is 10.1. The first-order chi connectivity index (χ1) is 8.19. The topological polar surface area (TPSA) is 55.0 Å². The second-order valence-corrected chi connectivity index (χ2v) is 4.03. The summed E-state index contributed by atoms with van der Waals surface area (Å²) in [4.78, 5) is 10.7. The number of hydrogen-bond donors (Lipinski definition) is 1. The van der Waals surface area contributed by atoms with Gasteiger partial charge in [-0.05, 0) is 37.1 Å². The van der Waals surface area contributed by atoms with E-state index < -0.39 is 0 Å². The van der Waals surface area contributed by atoms with Crippen LogP contribution in [0.4, 0.5) is 0 Å². The van der Waals surface area contributed by atoms with Crippen LogP contribution in [0.15, 0.2) is 24.4 Å². The van der Waals surface area contributed by atoms with E-state index in [4.69, 9.17) is 4.74 Å². The Morgan fingerprint density at radius 2 is 2.00 bits per heavy atom. The van der Waals surface area contributed by atoms with Gasteiger partial charge in [0.2, 0.25) is 0 Å². The summed E-state index contributed by atoms with van der Waals surface area (Å²) in [5, 5.41) is 6.55. The Morgan fingerprint density at radius 3 is 2.65 bits per heavy atom. The fraction of sp³-hybridized carbons (Fsp3) is 0.231. The monoisotopic (exact) mass is 230 g/mol. The molecule has 4 heteroatoms. The number of aromatic amines is 1. The third-order valence-electron chi connectivity index (χ3n) is 2.46. The van der Waals surface area contributed by atoms with Crippen molar-refractivity contribution in [3.63, 3.8) is 0 Å². The molecule has 4 nitrogen and oxygen atoms in total. The Bertz CT molecular complexity index is 512. The summed E-state index contributed by atoms with van der Waals surface area (Å²) in [5.74, 6) is 0.800. The molecule has 0 aliphatic carbocycles. The third-order valence-corrected chi connectivity index (χ3v) is 2.46. The van der Waals surface area contributed by atoms with Gasteiger partial charge >= 0.3 is 0 Å². The molecule has 2 rings (SSSR count). The summed E-state index contributed by atoms with van der Waals surface area (Å²) < 4.78 is 5.62. The van der Waals surface area contributed by atoms with Crippen molar-refractivity contribution < 1.29 is 9.53 Å². The Morgan fingerprint density at radius 1 is 1.29 bits per heavy atom. The number of rotatable bonds is 4. The molecule has 0 aliphatic heterocycles. The maximum atomic E-state index is 10.7. The van der Waals surface area contributed by atoms with Gasteiger partial charge in [0.15, 0.2) is 6.29 Å². The molecule has 1 aromatic heterocycles. The van der Waals surface area contributed by atoms with Gasteiger partial charge in [-0.2, -0.15) is 5.10 Å². The first-order valence-corrected chi connectivity index (χ1v) is 5.37. The lowest BCUT2D eigenvalue weighted by Crippen LogP contribution is -1.99. The van der Waals surface area contributed by atoms with Gasteiger partial charge < -0.3 is 4.74 Å². The highest BCUT2D eigenvalue weighted by molar-refractivity contribution is 5.75. The van der Waals surface area contributed by atoms with Gasteiger partial charge in [-0.1, -0.05) is 6.07 Å². The molecule has 0 spiro atoms. The van der Waals surface area contributed by atoms with Crippen LogP contribution >= 0.6 is 0 Å². The maximum Gasteiger partial charge on any atom is 0.153 e.